The zero-order chi connectivity index (χ0) is 12.3. The highest BCUT2D eigenvalue weighted by Gasteiger charge is 2.54. The number of fused-ring (bicyclic) bond motifs is 2. The van der Waals surface area contributed by atoms with E-state index in [1.807, 2.05) is 6.33 Å². The van der Waals surface area contributed by atoms with E-state index in [0.29, 0.717) is 41.1 Å². The van der Waals surface area contributed by atoms with Gasteiger partial charge in [-0.25, -0.2) is 15.0 Å². The highest BCUT2D eigenvalue weighted by molar-refractivity contribution is 6.33. The lowest BCUT2D eigenvalue weighted by molar-refractivity contribution is 0.208. The van der Waals surface area contributed by atoms with E-state index in [1.54, 1.807) is 0 Å². The van der Waals surface area contributed by atoms with Crippen LogP contribution in [0.25, 0.3) is 11.2 Å². The lowest BCUT2D eigenvalue weighted by atomic mass is 10.0. The van der Waals surface area contributed by atoms with Crippen LogP contribution in [-0.4, -0.2) is 31.2 Å². The Morgan fingerprint density at radius 3 is 2.94 bits per heavy atom. The number of nitrogens with zero attached hydrogens (tertiary/aromatic N) is 4. The summed E-state index contributed by atoms with van der Waals surface area (Å²) >= 11 is 6.01. The van der Waals surface area contributed by atoms with Gasteiger partial charge in [-0.3, -0.25) is 0 Å². The molecule has 1 N–H and O–H groups in total. The van der Waals surface area contributed by atoms with Crippen LogP contribution in [-0.2, 0) is 0 Å². The summed E-state index contributed by atoms with van der Waals surface area (Å²) in [7, 11) is 0. The van der Waals surface area contributed by atoms with Gasteiger partial charge in [0, 0.05) is 12.6 Å². The van der Waals surface area contributed by atoms with Crippen molar-refractivity contribution in [3.05, 3.63) is 17.8 Å². The highest BCUT2D eigenvalue weighted by atomic mass is 35.5. The van der Waals surface area contributed by atoms with Crippen LogP contribution in [0.15, 0.2) is 12.7 Å². The maximum atomic E-state index is 9.36. The SMILES string of the molecule is OC[C@H]1C[C@@H](n2cnc3c(Cl)ncnc32)[C@H]2C[C@@H]12. The van der Waals surface area contributed by atoms with Crippen LogP contribution in [0.1, 0.15) is 18.9 Å². The highest BCUT2D eigenvalue weighted by Crippen LogP contribution is 2.60. The van der Waals surface area contributed by atoms with Crippen LogP contribution in [0, 0.1) is 17.8 Å². The maximum Gasteiger partial charge on any atom is 0.165 e. The van der Waals surface area contributed by atoms with Crippen molar-refractivity contribution >= 4 is 22.8 Å². The zero-order valence-electron chi connectivity index (χ0n) is 9.70. The Morgan fingerprint density at radius 1 is 1.28 bits per heavy atom. The second-order valence-corrected chi connectivity index (χ2v) is 5.66. The van der Waals surface area contributed by atoms with Gasteiger partial charge in [-0.1, -0.05) is 11.6 Å². The molecule has 94 valence electrons. The molecule has 2 aliphatic carbocycles. The molecule has 5 nitrogen and oxygen atoms in total. The summed E-state index contributed by atoms with van der Waals surface area (Å²) in [6, 6.07) is 0.406. The molecule has 0 amide bonds. The molecule has 4 atom stereocenters. The average Bonchev–Trinajstić information content (AvgIpc) is 2.91. The molecule has 0 spiro atoms. The fourth-order valence-corrected chi connectivity index (χ4v) is 3.65. The molecule has 18 heavy (non-hydrogen) atoms. The summed E-state index contributed by atoms with van der Waals surface area (Å²) in [5.41, 5.74) is 1.48. The summed E-state index contributed by atoms with van der Waals surface area (Å²) in [4.78, 5) is 12.5. The van der Waals surface area contributed by atoms with Gasteiger partial charge in [-0.15, -0.1) is 0 Å². The molecule has 0 aromatic carbocycles. The molecule has 2 saturated carbocycles. The third-order valence-corrected chi connectivity index (χ3v) is 4.72. The van der Waals surface area contributed by atoms with Crippen molar-refractivity contribution in [2.45, 2.75) is 18.9 Å². The quantitative estimate of drug-likeness (QED) is 0.838. The number of aliphatic hydroxyl groups excluding tert-OH is 1. The predicted molar refractivity (Wildman–Crippen MR) is 66.2 cm³/mol. The number of imidazole rings is 1. The van der Waals surface area contributed by atoms with Crippen molar-refractivity contribution in [2.24, 2.45) is 17.8 Å². The summed E-state index contributed by atoms with van der Waals surface area (Å²) in [6.45, 7) is 0.292. The number of hydrogen-bond donors (Lipinski definition) is 1. The average molecular weight is 265 g/mol. The zero-order valence-corrected chi connectivity index (χ0v) is 10.5. The Morgan fingerprint density at radius 2 is 2.17 bits per heavy atom. The third-order valence-electron chi connectivity index (χ3n) is 4.44. The molecule has 0 saturated heterocycles. The molecule has 0 bridgehead atoms. The van der Waals surface area contributed by atoms with Crippen LogP contribution in [0.3, 0.4) is 0 Å². The van der Waals surface area contributed by atoms with Crippen molar-refractivity contribution in [2.75, 3.05) is 6.61 Å². The molecule has 0 unspecified atom stereocenters. The first-order chi connectivity index (χ1) is 8.79. The lowest BCUT2D eigenvalue weighted by Crippen LogP contribution is -2.11. The Balaban J connectivity index is 1.78. The molecular formula is C12H13ClN4O. The number of rotatable bonds is 2. The molecule has 4 rings (SSSR count). The topological polar surface area (TPSA) is 63.8 Å². The van der Waals surface area contributed by atoms with Crippen LogP contribution < -0.4 is 0 Å². The van der Waals surface area contributed by atoms with Crippen LogP contribution in [0.4, 0.5) is 0 Å². The van der Waals surface area contributed by atoms with Crippen LogP contribution >= 0.6 is 11.6 Å². The molecule has 2 heterocycles. The van der Waals surface area contributed by atoms with E-state index in [-0.39, 0.29) is 0 Å². The van der Waals surface area contributed by atoms with Gasteiger partial charge in [0.2, 0.25) is 0 Å². The van der Waals surface area contributed by atoms with E-state index >= 15 is 0 Å². The molecule has 2 aromatic heterocycles. The normalized spacial score (nSPS) is 33.9. The molecule has 2 fully saturated rings. The largest absolute Gasteiger partial charge is 0.396 e. The lowest BCUT2D eigenvalue weighted by Gasteiger charge is -2.16. The summed E-state index contributed by atoms with van der Waals surface area (Å²) in [6.07, 6.45) is 5.52. The molecule has 2 aliphatic rings. The molecule has 0 aliphatic heterocycles. The first-order valence-corrected chi connectivity index (χ1v) is 6.61. The molecule has 6 heteroatoms. The smallest absolute Gasteiger partial charge is 0.165 e. The van der Waals surface area contributed by atoms with E-state index in [9.17, 15) is 5.11 Å². The van der Waals surface area contributed by atoms with E-state index in [1.165, 1.54) is 12.7 Å². The summed E-state index contributed by atoms with van der Waals surface area (Å²) < 4.78 is 2.11. The van der Waals surface area contributed by atoms with E-state index < -0.39 is 0 Å². The maximum absolute atomic E-state index is 9.36. The van der Waals surface area contributed by atoms with Gasteiger partial charge < -0.3 is 9.67 Å². The van der Waals surface area contributed by atoms with Crippen molar-refractivity contribution in [3.8, 4) is 0 Å². The minimum absolute atomic E-state index is 0.292. The Bertz CT molecular complexity index is 613. The number of halogens is 1. The number of aromatic nitrogens is 4. The van der Waals surface area contributed by atoms with Crippen LogP contribution in [0.5, 0.6) is 0 Å². The van der Waals surface area contributed by atoms with E-state index in [0.717, 1.165) is 12.1 Å². The van der Waals surface area contributed by atoms with E-state index in [4.69, 9.17) is 11.6 Å². The second-order valence-electron chi connectivity index (χ2n) is 5.30. The van der Waals surface area contributed by atoms with Gasteiger partial charge in [-0.2, -0.15) is 0 Å². The second kappa shape index (κ2) is 3.65. The Hall–Kier alpha value is -1.20. The fraction of sp³-hybridized carbons (Fsp3) is 0.583. The predicted octanol–water partition coefficient (Wildman–Crippen LogP) is 1.67. The summed E-state index contributed by atoms with van der Waals surface area (Å²) in [5.74, 6) is 1.80. The van der Waals surface area contributed by atoms with Gasteiger partial charge in [0.05, 0.1) is 6.33 Å². The number of hydrogen-bond acceptors (Lipinski definition) is 4. The standard InChI is InChI=1S/C12H13ClN4O/c13-11-10-12(15-4-14-11)17(5-16-10)9-1-6(3-18)7-2-8(7)9/h4-9,18H,1-3H2/t6-,7+,8+,9-/m1/s1. The first kappa shape index (κ1) is 10.7. The summed E-state index contributed by atoms with van der Waals surface area (Å²) in [5, 5.41) is 9.77. The van der Waals surface area contributed by atoms with Gasteiger partial charge in [-0.05, 0) is 30.6 Å². The minimum Gasteiger partial charge on any atom is -0.396 e. The molecular weight excluding hydrogens is 252 g/mol. The Labute approximate surface area is 109 Å². The minimum atomic E-state index is 0.292. The van der Waals surface area contributed by atoms with Gasteiger partial charge in [0.1, 0.15) is 11.8 Å². The first-order valence-electron chi connectivity index (χ1n) is 6.23. The van der Waals surface area contributed by atoms with Crippen molar-refractivity contribution in [1.82, 2.24) is 19.5 Å². The Kier molecular flexibility index (Phi) is 2.17. The molecule has 0 radical (unpaired) electrons. The number of aliphatic hydroxyl groups is 1. The third kappa shape index (κ3) is 1.34. The van der Waals surface area contributed by atoms with Crippen molar-refractivity contribution < 1.29 is 5.11 Å². The fourth-order valence-electron chi connectivity index (χ4n) is 3.48. The van der Waals surface area contributed by atoms with Crippen LogP contribution in [0.2, 0.25) is 5.15 Å². The monoisotopic (exact) mass is 264 g/mol. The van der Waals surface area contributed by atoms with Gasteiger partial charge in [0.15, 0.2) is 10.8 Å². The van der Waals surface area contributed by atoms with Gasteiger partial charge in [0.25, 0.3) is 0 Å². The van der Waals surface area contributed by atoms with Gasteiger partial charge >= 0.3 is 0 Å². The molecule has 2 aromatic rings. The van der Waals surface area contributed by atoms with Crippen molar-refractivity contribution in [3.63, 3.8) is 0 Å². The van der Waals surface area contributed by atoms with E-state index in [2.05, 4.69) is 19.5 Å². The van der Waals surface area contributed by atoms with Crippen molar-refractivity contribution in [1.29, 1.82) is 0 Å².